The number of carboxylic acid groups (broad SMARTS) is 1. The molecule has 4 heteroatoms. The molecule has 1 aliphatic rings. The summed E-state index contributed by atoms with van der Waals surface area (Å²) in [6.45, 7) is 0.925. The summed E-state index contributed by atoms with van der Waals surface area (Å²) in [6, 6.07) is 3.78. The lowest BCUT2D eigenvalue weighted by molar-refractivity contribution is 0.0695. The van der Waals surface area contributed by atoms with Gasteiger partial charge in [0.25, 0.3) is 0 Å². The molecule has 1 aromatic rings. The highest BCUT2D eigenvalue weighted by Crippen LogP contribution is 2.29. The first-order valence-electron chi connectivity index (χ1n) is 6.25. The van der Waals surface area contributed by atoms with Crippen LogP contribution in [0.25, 0.3) is 0 Å². The Kier molecular flexibility index (Phi) is 4.31. The number of aromatic carboxylic acids is 1. The predicted molar refractivity (Wildman–Crippen MR) is 65.0 cm³/mol. The molecule has 3 nitrogen and oxygen atoms in total. The minimum Gasteiger partial charge on any atom is -0.478 e. The summed E-state index contributed by atoms with van der Waals surface area (Å²) in [6.07, 6.45) is 4.93. The van der Waals surface area contributed by atoms with E-state index in [1.165, 1.54) is 31.4 Å². The summed E-state index contributed by atoms with van der Waals surface area (Å²) in [5.74, 6) is -0.871. The number of halogens is 1. The van der Waals surface area contributed by atoms with Gasteiger partial charge >= 0.3 is 5.97 Å². The fraction of sp³-hybridized carbons (Fsp3) is 0.500. The van der Waals surface area contributed by atoms with Gasteiger partial charge in [0.1, 0.15) is 5.82 Å². The van der Waals surface area contributed by atoms with Gasteiger partial charge in [-0.15, -0.1) is 0 Å². The van der Waals surface area contributed by atoms with E-state index in [9.17, 15) is 9.18 Å². The molecule has 0 aromatic heterocycles. The van der Waals surface area contributed by atoms with E-state index in [0.29, 0.717) is 12.2 Å². The van der Waals surface area contributed by atoms with Gasteiger partial charge in [-0.05, 0) is 36.1 Å². The lowest BCUT2D eigenvalue weighted by Crippen LogP contribution is -2.13. The van der Waals surface area contributed by atoms with E-state index in [1.807, 2.05) is 0 Å². The third-order valence-corrected chi connectivity index (χ3v) is 3.37. The third-order valence-electron chi connectivity index (χ3n) is 3.37. The molecule has 0 heterocycles. The van der Waals surface area contributed by atoms with E-state index >= 15 is 0 Å². The Morgan fingerprint density at radius 1 is 1.39 bits per heavy atom. The Hall–Kier alpha value is -1.42. The van der Waals surface area contributed by atoms with Crippen LogP contribution in [-0.4, -0.2) is 17.7 Å². The molecule has 1 N–H and O–H groups in total. The highest BCUT2D eigenvalue weighted by Gasteiger charge is 2.16. The van der Waals surface area contributed by atoms with Crippen molar-refractivity contribution in [3.63, 3.8) is 0 Å². The van der Waals surface area contributed by atoms with Crippen LogP contribution in [0.4, 0.5) is 4.39 Å². The van der Waals surface area contributed by atoms with Crippen LogP contribution in [0.1, 0.15) is 41.6 Å². The molecule has 0 saturated heterocycles. The van der Waals surface area contributed by atoms with E-state index in [-0.39, 0.29) is 12.2 Å². The van der Waals surface area contributed by atoms with Crippen LogP contribution in [0.3, 0.4) is 0 Å². The Morgan fingerprint density at radius 3 is 2.78 bits per heavy atom. The number of carboxylic acids is 1. The second-order valence-corrected chi connectivity index (χ2v) is 4.79. The summed E-state index contributed by atoms with van der Waals surface area (Å²) in [5.41, 5.74) is 0.536. The van der Waals surface area contributed by atoms with Crippen LogP contribution in [0.2, 0.25) is 0 Å². The van der Waals surface area contributed by atoms with Gasteiger partial charge in [0.05, 0.1) is 12.2 Å². The molecule has 0 amide bonds. The van der Waals surface area contributed by atoms with Gasteiger partial charge in [0.2, 0.25) is 0 Å². The summed E-state index contributed by atoms with van der Waals surface area (Å²) < 4.78 is 18.6. The first-order valence-corrected chi connectivity index (χ1v) is 6.25. The molecule has 0 atom stereocenters. The van der Waals surface area contributed by atoms with E-state index in [0.717, 1.165) is 18.4 Å². The van der Waals surface area contributed by atoms with E-state index in [1.54, 1.807) is 0 Å². The fourth-order valence-electron chi connectivity index (χ4n) is 2.08. The lowest BCUT2D eigenvalue weighted by Gasteiger charge is -2.24. The first-order chi connectivity index (χ1) is 8.65. The number of carbonyl (C=O) groups is 1. The zero-order chi connectivity index (χ0) is 13.0. The lowest BCUT2D eigenvalue weighted by atomic mass is 9.83. The molecule has 0 radical (unpaired) electrons. The molecule has 1 saturated carbocycles. The Bertz CT molecular complexity index is 427. The molecule has 0 bridgehead atoms. The number of hydrogen-bond donors (Lipinski definition) is 1. The smallest absolute Gasteiger partial charge is 0.335 e. The number of ether oxygens (including phenoxy) is 1. The van der Waals surface area contributed by atoms with E-state index in [4.69, 9.17) is 9.84 Å². The quantitative estimate of drug-likeness (QED) is 0.791. The summed E-state index contributed by atoms with van der Waals surface area (Å²) in [5, 5.41) is 8.81. The molecule has 18 heavy (non-hydrogen) atoms. The molecule has 0 spiro atoms. The van der Waals surface area contributed by atoms with Gasteiger partial charge in [0, 0.05) is 6.61 Å². The molecule has 1 aliphatic carbocycles. The second-order valence-electron chi connectivity index (χ2n) is 4.79. The van der Waals surface area contributed by atoms with Crippen LogP contribution in [-0.2, 0) is 11.3 Å². The minimum absolute atomic E-state index is 0.0346. The van der Waals surface area contributed by atoms with Crippen LogP contribution in [0.5, 0.6) is 0 Å². The largest absolute Gasteiger partial charge is 0.478 e. The predicted octanol–water partition coefficient (Wildman–Crippen LogP) is 3.23. The average molecular weight is 252 g/mol. The monoisotopic (exact) mass is 252 g/mol. The van der Waals surface area contributed by atoms with Gasteiger partial charge in [-0.2, -0.15) is 0 Å². The van der Waals surface area contributed by atoms with Gasteiger partial charge < -0.3 is 9.84 Å². The maximum absolute atomic E-state index is 13.2. The van der Waals surface area contributed by atoms with E-state index < -0.39 is 11.8 Å². The number of rotatable bonds is 6. The van der Waals surface area contributed by atoms with Gasteiger partial charge in [-0.3, -0.25) is 0 Å². The van der Waals surface area contributed by atoms with Crippen molar-refractivity contribution in [2.45, 2.75) is 32.3 Å². The average Bonchev–Trinajstić information content (AvgIpc) is 2.25. The topological polar surface area (TPSA) is 46.5 Å². The van der Waals surface area contributed by atoms with Crippen LogP contribution >= 0.6 is 0 Å². The molecular weight excluding hydrogens is 235 g/mol. The molecule has 1 fully saturated rings. The zero-order valence-electron chi connectivity index (χ0n) is 10.2. The molecule has 2 rings (SSSR count). The summed E-state index contributed by atoms with van der Waals surface area (Å²) >= 11 is 0. The maximum Gasteiger partial charge on any atom is 0.335 e. The normalized spacial score (nSPS) is 15.4. The van der Waals surface area contributed by atoms with Gasteiger partial charge in [-0.1, -0.05) is 19.3 Å². The van der Waals surface area contributed by atoms with Crippen molar-refractivity contribution in [3.05, 3.63) is 35.1 Å². The third kappa shape index (κ3) is 3.53. The molecule has 0 aliphatic heterocycles. The SMILES string of the molecule is O=C(O)c1cc(F)cc(COCCC2CCC2)c1. The van der Waals surface area contributed by atoms with Crippen LogP contribution in [0, 0.1) is 11.7 Å². The number of hydrogen-bond acceptors (Lipinski definition) is 2. The van der Waals surface area contributed by atoms with Gasteiger partial charge in [0.15, 0.2) is 0 Å². The Labute approximate surface area is 106 Å². The van der Waals surface area contributed by atoms with Crippen molar-refractivity contribution in [1.82, 2.24) is 0 Å². The second kappa shape index (κ2) is 5.96. The molecule has 1 aromatic carbocycles. The standard InChI is InChI=1S/C14H17FO3/c15-13-7-11(6-12(8-13)14(16)17)9-18-5-4-10-2-1-3-10/h6-8,10H,1-5,9H2,(H,16,17). The summed E-state index contributed by atoms with van der Waals surface area (Å²) in [7, 11) is 0. The van der Waals surface area contributed by atoms with Crippen molar-refractivity contribution in [2.24, 2.45) is 5.92 Å². The van der Waals surface area contributed by atoms with Crippen LogP contribution in [0.15, 0.2) is 18.2 Å². The highest BCUT2D eigenvalue weighted by molar-refractivity contribution is 5.87. The van der Waals surface area contributed by atoms with E-state index in [2.05, 4.69) is 0 Å². The van der Waals surface area contributed by atoms with Gasteiger partial charge in [-0.25, -0.2) is 9.18 Å². The minimum atomic E-state index is -1.12. The molecule has 0 unspecified atom stereocenters. The van der Waals surface area contributed by atoms with Crippen LogP contribution < -0.4 is 0 Å². The Balaban J connectivity index is 1.82. The first kappa shape index (κ1) is 13.0. The van der Waals surface area contributed by atoms with Crippen molar-refractivity contribution < 1.29 is 19.0 Å². The Morgan fingerprint density at radius 2 is 2.17 bits per heavy atom. The fourth-order valence-corrected chi connectivity index (χ4v) is 2.08. The maximum atomic E-state index is 13.2. The number of benzene rings is 1. The van der Waals surface area contributed by atoms with Crippen molar-refractivity contribution in [1.29, 1.82) is 0 Å². The molecule has 98 valence electrons. The summed E-state index contributed by atoms with van der Waals surface area (Å²) in [4.78, 5) is 10.8. The zero-order valence-corrected chi connectivity index (χ0v) is 10.2. The molecular formula is C14H17FO3. The van der Waals surface area contributed by atoms with Crippen molar-refractivity contribution in [3.8, 4) is 0 Å². The van der Waals surface area contributed by atoms with Crippen molar-refractivity contribution in [2.75, 3.05) is 6.61 Å². The highest BCUT2D eigenvalue weighted by atomic mass is 19.1. The van der Waals surface area contributed by atoms with Crippen molar-refractivity contribution >= 4 is 5.97 Å².